The van der Waals surface area contributed by atoms with E-state index in [1.54, 1.807) is 0 Å². The second-order valence-corrected chi connectivity index (χ2v) is 7.24. The van der Waals surface area contributed by atoms with Crippen molar-refractivity contribution in [2.24, 2.45) is 0 Å². The molecule has 0 spiro atoms. The third-order valence-corrected chi connectivity index (χ3v) is 5.06. The lowest BCUT2D eigenvalue weighted by atomic mass is 9.80. The van der Waals surface area contributed by atoms with Gasteiger partial charge >= 0.3 is 0 Å². The standard InChI is InChI=1S/C27H32O5/c1-2-29-18-19-30-20-21-31-22-26(28)32-27(23-12-6-3-7-13-23,24-14-8-4-9-15-24)25-16-10-5-11-17-25/h3-17,26,28H,2,18-22H2,1H3. The molecule has 170 valence electrons. The molecule has 5 heteroatoms. The van der Waals surface area contributed by atoms with Crippen LogP contribution in [0.15, 0.2) is 91.0 Å². The number of ether oxygens (including phenoxy) is 4. The average molecular weight is 437 g/mol. The van der Waals surface area contributed by atoms with Crippen molar-refractivity contribution in [1.29, 1.82) is 0 Å². The van der Waals surface area contributed by atoms with Gasteiger partial charge in [0.05, 0.1) is 33.0 Å². The van der Waals surface area contributed by atoms with Crippen LogP contribution in [0.2, 0.25) is 0 Å². The maximum Gasteiger partial charge on any atom is 0.180 e. The van der Waals surface area contributed by atoms with Crippen molar-refractivity contribution >= 4 is 0 Å². The molecule has 3 aromatic carbocycles. The maximum atomic E-state index is 10.8. The summed E-state index contributed by atoms with van der Waals surface area (Å²) in [7, 11) is 0. The normalized spacial score (nSPS) is 12.6. The molecule has 0 radical (unpaired) electrons. The van der Waals surface area contributed by atoms with E-state index in [2.05, 4.69) is 0 Å². The lowest BCUT2D eigenvalue weighted by molar-refractivity contribution is -0.187. The number of hydrogen-bond acceptors (Lipinski definition) is 5. The molecular weight excluding hydrogens is 404 g/mol. The van der Waals surface area contributed by atoms with Crippen molar-refractivity contribution in [3.63, 3.8) is 0 Å². The van der Waals surface area contributed by atoms with Crippen LogP contribution in [0.1, 0.15) is 23.6 Å². The highest BCUT2D eigenvalue weighted by Crippen LogP contribution is 2.41. The van der Waals surface area contributed by atoms with Gasteiger partial charge in [0.2, 0.25) is 0 Å². The monoisotopic (exact) mass is 436 g/mol. The van der Waals surface area contributed by atoms with Crippen molar-refractivity contribution in [2.45, 2.75) is 18.8 Å². The fourth-order valence-electron chi connectivity index (χ4n) is 3.63. The van der Waals surface area contributed by atoms with Gasteiger partial charge in [0, 0.05) is 6.61 Å². The van der Waals surface area contributed by atoms with Crippen molar-refractivity contribution < 1.29 is 24.1 Å². The molecule has 32 heavy (non-hydrogen) atoms. The molecule has 0 saturated carbocycles. The zero-order valence-corrected chi connectivity index (χ0v) is 18.6. The topological polar surface area (TPSA) is 57.2 Å². The van der Waals surface area contributed by atoms with Gasteiger partial charge in [-0.25, -0.2) is 0 Å². The van der Waals surface area contributed by atoms with Crippen LogP contribution < -0.4 is 0 Å². The Morgan fingerprint density at radius 3 is 1.47 bits per heavy atom. The summed E-state index contributed by atoms with van der Waals surface area (Å²) in [6.07, 6.45) is -1.14. The van der Waals surface area contributed by atoms with Crippen LogP contribution in [-0.4, -0.2) is 51.0 Å². The van der Waals surface area contributed by atoms with E-state index in [0.29, 0.717) is 33.0 Å². The van der Waals surface area contributed by atoms with E-state index in [-0.39, 0.29) is 6.61 Å². The van der Waals surface area contributed by atoms with Gasteiger partial charge < -0.3 is 24.1 Å². The van der Waals surface area contributed by atoms with E-state index in [1.807, 2.05) is 97.9 Å². The van der Waals surface area contributed by atoms with E-state index >= 15 is 0 Å². The summed E-state index contributed by atoms with van der Waals surface area (Å²) < 4.78 is 22.7. The van der Waals surface area contributed by atoms with Crippen LogP contribution in [-0.2, 0) is 24.5 Å². The Morgan fingerprint density at radius 1 is 0.625 bits per heavy atom. The second kappa shape index (κ2) is 13.1. The first-order valence-electron chi connectivity index (χ1n) is 11.0. The summed E-state index contributed by atoms with van der Waals surface area (Å²) in [6.45, 7) is 4.54. The predicted molar refractivity (Wildman–Crippen MR) is 124 cm³/mol. The zero-order valence-electron chi connectivity index (χ0n) is 18.6. The fourth-order valence-corrected chi connectivity index (χ4v) is 3.63. The first kappa shape index (κ1) is 24.1. The summed E-state index contributed by atoms with van der Waals surface area (Å²) in [5.41, 5.74) is 1.79. The molecule has 1 atom stereocenters. The molecule has 0 aromatic heterocycles. The van der Waals surface area contributed by atoms with Gasteiger partial charge in [-0.05, 0) is 23.6 Å². The molecule has 0 bridgehead atoms. The number of aliphatic hydroxyl groups excluding tert-OH is 1. The summed E-state index contributed by atoms with van der Waals surface area (Å²) in [6, 6.07) is 29.8. The first-order valence-corrected chi connectivity index (χ1v) is 11.0. The average Bonchev–Trinajstić information content (AvgIpc) is 2.86. The zero-order chi connectivity index (χ0) is 22.5. The van der Waals surface area contributed by atoms with Crippen LogP contribution in [0.4, 0.5) is 0 Å². The molecule has 0 aliphatic carbocycles. The minimum absolute atomic E-state index is 0.0308. The Labute approximate surface area is 190 Å². The fraction of sp³-hybridized carbons (Fsp3) is 0.333. The van der Waals surface area contributed by atoms with Gasteiger partial charge in [0.25, 0.3) is 0 Å². The quantitative estimate of drug-likeness (QED) is 0.231. The minimum atomic E-state index is -1.14. The highest BCUT2D eigenvalue weighted by molar-refractivity contribution is 5.47. The van der Waals surface area contributed by atoms with Gasteiger partial charge in [0.15, 0.2) is 6.29 Å². The smallest absolute Gasteiger partial charge is 0.180 e. The molecule has 0 aliphatic rings. The molecule has 0 aliphatic heterocycles. The number of hydrogen-bond donors (Lipinski definition) is 1. The highest BCUT2D eigenvalue weighted by atomic mass is 16.6. The van der Waals surface area contributed by atoms with Crippen LogP contribution in [0.25, 0.3) is 0 Å². The van der Waals surface area contributed by atoms with Crippen molar-refractivity contribution in [3.05, 3.63) is 108 Å². The van der Waals surface area contributed by atoms with Crippen LogP contribution in [0, 0.1) is 0 Å². The molecular formula is C27H32O5. The molecule has 1 N–H and O–H groups in total. The van der Waals surface area contributed by atoms with Crippen LogP contribution in [0.5, 0.6) is 0 Å². The number of benzene rings is 3. The molecule has 3 rings (SSSR count). The van der Waals surface area contributed by atoms with Gasteiger partial charge in [-0.2, -0.15) is 0 Å². The Hall–Kier alpha value is -2.54. The Morgan fingerprint density at radius 2 is 1.03 bits per heavy atom. The third-order valence-electron chi connectivity index (χ3n) is 5.06. The molecule has 0 saturated heterocycles. The summed E-state index contributed by atoms with van der Waals surface area (Å²) >= 11 is 0. The van der Waals surface area contributed by atoms with Gasteiger partial charge in [-0.1, -0.05) is 91.0 Å². The SMILES string of the molecule is CCOCCOCCOCC(O)OC(c1ccccc1)(c1ccccc1)c1ccccc1. The molecule has 1 unspecified atom stereocenters. The Kier molecular flexibility index (Phi) is 9.88. The lowest BCUT2D eigenvalue weighted by Gasteiger charge is -2.37. The van der Waals surface area contributed by atoms with Gasteiger partial charge in [-0.3, -0.25) is 0 Å². The van der Waals surface area contributed by atoms with Crippen LogP contribution >= 0.6 is 0 Å². The summed E-state index contributed by atoms with van der Waals surface area (Å²) in [4.78, 5) is 0. The van der Waals surface area contributed by atoms with E-state index < -0.39 is 11.9 Å². The Balaban J connectivity index is 1.76. The minimum Gasteiger partial charge on any atom is -0.379 e. The van der Waals surface area contributed by atoms with E-state index in [4.69, 9.17) is 18.9 Å². The summed E-state index contributed by atoms with van der Waals surface area (Å²) in [5.74, 6) is 0. The van der Waals surface area contributed by atoms with E-state index in [9.17, 15) is 5.11 Å². The van der Waals surface area contributed by atoms with Crippen molar-refractivity contribution in [3.8, 4) is 0 Å². The highest BCUT2D eigenvalue weighted by Gasteiger charge is 2.39. The molecule has 0 amide bonds. The van der Waals surface area contributed by atoms with Gasteiger partial charge in [-0.15, -0.1) is 0 Å². The van der Waals surface area contributed by atoms with E-state index in [0.717, 1.165) is 16.7 Å². The lowest BCUT2D eigenvalue weighted by Crippen LogP contribution is -2.38. The van der Waals surface area contributed by atoms with Gasteiger partial charge in [0.1, 0.15) is 5.60 Å². The first-order chi connectivity index (χ1) is 15.8. The Bertz CT molecular complexity index is 774. The number of rotatable bonds is 14. The summed E-state index contributed by atoms with van der Waals surface area (Å²) in [5, 5.41) is 10.8. The molecule has 3 aromatic rings. The van der Waals surface area contributed by atoms with Crippen LogP contribution in [0.3, 0.4) is 0 Å². The second-order valence-electron chi connectivity index (χ2n) is 7.24. The van der Waals surface area contributed by atoms with Crippen molar-refractivity contribution in [1.82, 2.24) is 0 Å². The molecule has 0 heterocycles. The molecule has 0 fully saturated rings. The van der Waals surface area contributed by atoms with Crippen molar-refractivity contribution in [2.75, 3.05) is 39.6 Å². The third kappa shape index (κ3) is 6.48. The maximum absolute atomic E-state index is 10.8. The largest absolute Gasteiger partial charge is 0.379 e. The predicted octanol–water partition coefficient (Wildman–Crippen LogP) is 4.38. The van der Waals surface area contributed by atoms with E-state index in [1.165, 1.54) is 0 Å². The number of aliphatic hydroxyl groups is 1. The molecule has 5 nitrogen and oxygen atoms in total.